The number of likely N-dealkylation sites (N-methyl/N-ethyl adjacent to an activating group) is 1. The first-order chi connectivity index (χ1) is 10.2. The van der Waals surface area contributed by atoms with Gasteiger partial charge < -0.3 is 5.32 Å². The number of benzene rings is 1. The van der Waals surface area contributed by atoms with E-state index in [2.05, 4.69) is 68.0 Å². The van der Waals surface area contributed by atoms with Crippen LogP contribution in [0, 0.1) is 0 Å². The number of nitrogens with one attached hydrogen (secondary N) is 1. The van der Waals surface area contributed by atoms with Gasteiger partial charge in [-0.15, -0.1) is 11.3 Å². The highest BCUT2D eigenvalue weighted by Gasteiger charge is 2.08. The van der Waals surface area contributed by atoms with Crippen LogP contribution in [0.5, 0.6) is 0 Å². The molecule has 1 aromatic carbocycles. The molecule has 0 aliphatic heterocycles. The summed E-state index contributed by atoms with van der Waals surface area (Å²) in [4.78, 5) is 1.51. The zero-order valence-electron chi connectivity index (χ0n) is 13.4. The minimum atomic E-state index is 0.579. The summed E-state index contributed by atoms with van der Waals surface area (Å²) < 4.78 is 0. The molecule has 1 heterocycles. The quantitative estimate of drug-likeness (QED) is 0.721. The van der Waals surface area contributed by atoms with E-state index in [1.54, 1.807) is 0 Å². The highest BCUT2D eigenvalue weighted by molar-refractivity contribution is 7.09. The molecule has 21 heavy (non-hydrogen) atoms. The van der Waals surface area contributed by atoms with Crippen molar-refractivity contribution in [2.45, 2.75) is 51.5 Å². The molecule has 0 fully saturated rings. The summed E-state index contributed by atoms with van der Waals surface area (Å²) >= 11 is 1.87. The second-order valence-electron chi connectivity index (χ2n) is 6.06. The molecule has 0 spiro atoms. The van der Waals surface area contributed by atoms with Gasteiger partial charge in [-0.1, -0.05) is 44.2 Å². The topological polar surface area (TPSA) is 12.0 Å². The Kier molecular flexibility index (Phi) is 6.47. The lowest BCUT2D eigenvalue weighted by atomic mass is 9.97. The van der Waals surface area contributed by atoms with Gasteiger partial charge in [0.1, 0.15) is 0 Å². The maximum atomic E-state index is 3.47. The van der Waals surface area contributed by atoms with Gasteiger partial charge in [0.05, 0.1) is 0 Å². The minimum Gasteiger partial charge on any atom is -0.317 e. The van der Waals surface area contributed by atoms with Crippen LogP contribution >= 0.6 is 11.3 Å². The normalized spacial score (nSPS) is 12.8. The third kappa shape index (κ3) is 5.29. The maximum Gasteiger partial charge on any atom is 0.0105 e. The number of thiophene rings is 1. The molecule has 0 radical (unpaired) electrons. The lowest BCUT2D eigenvalue weighted by Crippen LogP contribution is -2.27. The molecule has 0 bridgehead atoms. The number of hydrogen-bond donors (Lipinski definition) is 1. The fourth-order valence-corrected chi connectivity index (χ4v) is 3.40. The standard InChI is InChI=1S/C19H27NS/c1-15(2)17-11-9-16(10-12-17)14-18(20-3)6-4-7-19-8-5-13-21-19/h5,8-13,15,18,20H,4,6-7,14H2,1-3H3. The number of rotatable bonds is 8. The SMILES string of the molecule is CNC(CCCc1cccs1)Cc1ccc(C(C)C)cc1. The molecule has 0 saturated carbocycles. The molecule has 2 rings (SSSR count). The Bertz CT molecular complexity index is 499. The first kappa shape index (κ1) is 16.3. The molecule has 2 aromatic rings. The summed E-state index contributed by atoms with van der Waals surface area (Å²) in [7, 11) is 2.08. The van der Waals surface area contributed by atoms with Gasteiger partial charge in [0, 0.05) is 10.9 Å². The van der Waals surface area contributed by atoms with Gasteiger partial charge in [-0.05, 0) is 61.2 Å². The van der Waals surface area contributed by atoms with Crippen LogP contribution in [0.2, 0.25) is 0 Å². The first-order valence-electron chi connectivity index (χ1n) is 7.97. The molecule has 2 heteroatoms. The minimum absolute atomic E-state index is 0.579. The molecule has 0 aliphatic rings. The van der Waals surface area contributed by atoms with E-state index in [1.165, 1.54) is 35.3 Å². The van der Waals surface area contributed by atoms with Crippen molar-refractivity contribution in [2.24, 2.45) is 0 Å². The van der Waals surface area contributed by atoms with Gasteiger partial charge in [-0.2, -0.15) is 0 Å². The molecular formula is C19H27NS. The summed E-state index contributed by atoms with van der Waals surface area (Å²) in [6.07, 6.45) is 4.83. The van der Waals surface area contributed by atoms with Gasteiger partial charge in [0.15, 0.2) is 0 Å². The summed E-state index contributed by atoms with van der Waals surface area (Å²) in [6, 6.07) is 14.1. The van der Waals surface area contributed by atoms with E-state index < -0.39 is 0 Å². The molecule has 0 saturated heterocycles. The highest BCUT2D eigenvalue weighted by Crippen LogP contribution is 2.17. The van der Waals surface area contributed by atoms with Crippen LogP contribution in [0.4, 0.5) is 0 Å². The molecule has 0 amide bonds. The van der Waals surface area contributed by atoms with Crippen LogP contribution in [-0.2, 0) is 12.8 Å². The Morgan fingerprint density at radius 1 is 1.10 bits per heavy atom. The second kappa shape index (κ2) is 8.35. The van der Waals surface area contributed by atoms with Crippen LogP contribution in [-0.4, -0.2) is 13.1 Å². The maximum absolute atomic E-state index is 3.47. The Morgan fingerprint density at radius 3 is 2.43 bits per heavy atom. The fraction of sp³-hybridized carbons (Fsp3) is 0.474. The largest absolute Gasteiger partial charge is 0.317 e. The van der Waals surface area contributed by atoms with Crippen molar-refractivity contribution in [1.82, 2.24) is 5.32 Å². The van der Waals surface area contributed by atoms with E-state index in [9.17, 15) is 0 Å². The summed E-state index contributed by atoms with van der Waals surface area (Å²) in [5.74, 6) is 0.616. The first-order valence-corrected chi connectivity index (χ1v) is 8.85. The van der Waals surface area contributed by atoms with Crippen molar-refractivity contribution in [1.29, 1.82) is 0 Å². The van der Waals surface area contributed by atoms with E-state index in [0.717, 1.165) is 6.42 Å². The van der Waals surface area contributed by atoms with Crippen molar-refractivity contribution >= 4 is 11.3 Å². The average Bonchev–Trinajstić information content (AvgIpc) is 3.00. The van der Waals surface area contributed by atoms with Gasteiger partial charge >= 0.3 is 0 Å². The Balaban J connectivity index is 1.81. The van der Waals surface area contributed by atoms with Crippen molar-refractivity contribution in [2.75, 3.05) is 7.05 Å². The summed E-state index contributed by atoms with van der Waals surface area (Å²) in [5, 5.41) is 5.64. The van der Waals surface area contributed by atoms with Crippen molar-refractivity contribution in [3.8, 4) is 0 Å². The predicted octanol–water partition coefficient (Wildman–Crippen LogP) is 5.02. The summed E-state index contributed by atoms with van der Waals surface area (Å²) in [6.45, 7) is 4.49. The van der Waals surface area contributed by atoms with Gasteiger partial charge in [0.25, 0.3) is 0 Å². The van der Waals surface area contributed by atoms with Crippen LogP contribution in [0.25, 0.3) is 0 Å². The Hall–Kier alpha value is -1.12. The van der Waals surface area contributed by atoms with E-state index in [1.807, 2.05) is 11.3 Å². The van der Waals surface area contributed by atoms with Crippen LogP contribution in [0.15, 0.2) is 41.8 Å². The van der Waals surface area contributed by atoms with E-state index >= 15 is 0 Å². The van der Waals surface area contributed by atoms with Crippen molar-refractivity contribution < 1.29 is 0 Å². The van der Waals surface area contributed by atoms with E-state index in [4.69, 9.17) is 0 Å². The molecule has 114 valence electrons. The number of aryl methyl sites for hydroxylation is 1. The highest BCUT2D eigenvalue weighted by atomic mass is 32.1. The lowest BCUT2D eigenvalue weighted by molar-refractivity contribution is 0.503. The predicted molar refractivity (Wildman–Crippen MR) is 94.3 cm³/mol. The van der Waals surface area contributed by atoms with Gasteiger partial charge in [-0.3, -0.25) is 0 Å². The molecule has 0 aliphatic carbocycles. The average molecular weight is 301 g/mol. The lowest BCUT2D eigenvalue weighted by Gasteiger charge is -2.16. The molecule has 1 aromatic heterocycles. The molecule has 1 unspecified atom stereocenters. The monoisotopic (exact) mass is 301 g/mol. The summed E-state index contributed by atoms with van der Waals surface area (Å²) in [5.41, 5.74) is 2.87. The van der Waals surface area contributed by atoms with Gasteiger partial charge in [-0.25, -0.2) is 0 Å². The molecule has 1 atom stereocenters. The van der Waals surface area contributed by atoms with Crippen LogP contribution in [0.1, 0.15) is 48.6 Å². The van der Waals surface area contributed by atoms with Crippen molar-refractivity contribution in [3.05, 3.63) is 57.8 Å². The third-order valence-electron chi connectivity index (χ3n) is 4.09. The Labute approximate surface area is 133 Å². The molecular weight excluding hydrogens is 274 g/mol. The van der Waals surface area contributed by atoms with Gasteiger partial charge in [0.2, 0.25) is 0 Å². The number of hydrogen-bond acceptors (Lipinski definition) is 2. The fourth-order valence-electron chi connectivity index (χ4n) is 2.65. The molecule has 1 nitrogen and oxygen atoms in total. The van der Waals surface area contributed by atoms with E-state index in [-0.39, 0.29) is 0 Å². The zero-order chi connectivity index (χ0) is 15.1. The second-order valence-corrected chi connectivity index (χ2v) is 7.09. The van der Waals surface area contributed by atoms with Crippen LogP contribution < -0.4 is 5.32 Å². The molecule has 1 N–H and O–H groups in total. The zero-order valence-corrected chi connectivity index (χ0v) is 14.2. The third-order valence-corrected chi connectivity index (χ3v) is 5.03. The Morgan fingerprint density at radius 2 is 1.86 bits per heavy atom. The van der Waals surface area contributed by atoms with E-state index in [0.29, 0.717) is 12.0 Å². The van der Waals surface area contributed by atoms with Crippen molar-refractivity contribution in [3.63, 3.8) is 0 Å². The smallest absolute Gasteiger partial charge is 0.0105 e. The van der Waals surface area contributed by atoms with Crippen LogP contribution in [0.3, 0.4) is 0 Å².